The van der Waals surface area contributed by atoms with Gasteiger partial charge in [0.2, 0.25) is 5.01 Å². The van der Waals surface area contributed by atoms with Gasteiger partial charge < -0.3 is 25.4 Å². The summed E-state index contributed by atoms with van der Waals surface area (Å²) in [5.74, 6) is 0.166. The Labute approximate surface area is 175 Å². The summed E-state index contributed by atoms with van der Waals surface area (Å²) in [6.07, 6.45) is 0. The van der Waals surface area contributed by atoms with Crippen LogP contribution in [0.1, 0.15) is 14.8 Å². The average molecular weight is 431 g/mol. The molecular formula is C19H18FN5O4S. The van der Waals surface area contributed by atoms with Crippen LogP contribution in [-0.4, -0.2) is 36.4 Å². The quantitative estimate of drug-likeness (QED) is 0.529. The van der Waals surface area contributed by atoms with Crippen LogP contribution in [-0.2, 0) is 6.54 Å². The zero-order valence-corrected chi connectivity index (χ0v) is 16.9. The van der Waals surface area contributed by atoms with Crippen LogP contribution in [0.4, 0.5) is 20.6 Å². The number of benzene rings is 2. The Kier molecular flexibility index (Phi) is 6.75. The molecule has 0 atom stereocenters. The highest BCUT2D eigenvalue weighted by atomic mass is 32.1. The molecule has 30 heavy (non-hydrogen) atoms. The molecule has 0 aliphatic heterocycles. The lowest BCUT2D eigenvalue weighted by atomic mass is 10.2. The Morgan fingerprint density at radius 1 is 1.03 bits per heavy atom. The molecule has 0 bridgehead atoms. The number of carbonyl (C=O) groups is 2. The van der Waals surface area contributed by atoms with Gasteiger partial charge in [0.05, 0.1) is 26.5 Å². The monoisotopic (exact) mass is 431 g/mol. The second-order valence-corrected chi connectivity index (χ2v) is 6.90. The Morgan fingerprint density at radius 3 is 2.50 bits per heavy atom. The largest absolute Gasteiger partial charge is 0.497 e. The molecule has 0 saturated heterocycles. The molecule has 0 saturated carbocycles. The lowest BCUT2D eigenvalue weighted by Crippen LogP contribution is -2.28. The summed E-state index contributed by atoms with van der Waals surface area (Å²) in [6.45, 7) is 0.0752. The van der Waals surface area contributed by atoms with Crippen molar-refractivity contribution in [2.24, 2.45) is 0 Å². The predicted octanol–water partition coefficient (Wildman–Crippen LogP) is 3.27. The molecule has 3 N–H and O–H groups in total. The van der Waals surface area contributed by atoms with Crippen molar-refractivity contribution < 1.29 is 23.5 Å². The average Bonchev–Trinajstić information content (AvgIpc) is 3.23. The van der Waals surface area contributed by atoms with Crippen LogP contribution in [0, 0.1) is 5.82 Å². The van der Waals surface area contributed by atoms with Crippen LogP contribution in [0.5, 0.6) is 11.5 Å². The van der Waals surface area contributed by atoms with E-state index in [4.69, 9.17) is 9.47 Å². The smallest absolute Gasteiger partial charge is 0.319 e. The summed E-state index contributed by atoms with van der Waals surface area (Å²) in [5.41, 5.74) is 0.900. The van der Waals surface area contributed by atoms with E-state index < -0.39 is 17.8 Å². The van der Waals surface area contributed by atoms with Crippen LogP contribution < -0.4 is 25.4 Å². The molecular weight excluding hydrogens is 413 g/mol. The number of rotatable bonds is 7. The highest BCUT2D eigenvalue weighted by Crippen LogP contribution is 2.28. The maximum atomic E-state index is 12.9. The molecule has 156 valence electrons. The summed E-state index contributed by atoms with van der Waals surface area (Å²) in [5, 5.41) is 16.2. The summed E-state index contributed by atoms with van der Waals surface area (Å²) in [4.78, 5) is 24.3. The molecule has 0 spiro atoms. The summed E-state index contributed by atoms with van der Waals surface area (Å²) in [7, 11) is 3.02. The number of aromatic nitrogens is 2. The van der Waals surface area contributed by atoms with Crippen LogP contribution in [0.3, 0.4) is 0 Å². The molecule has 11 heteroatoms. The molecule has 1 aromatic heterocycles. The fraction of sp³-hybridized carbons (Fsp3) is 0.158. The van der Waals surface area contributed by atoms with Gasteiger partial charge in [0.1, 0.15) is 22.3 Å². The number of halogens is 1. The molecule has 3 rings (SSSR count). The van der Waals surface area contributed by atoms with E-state index in [1.807, 2.05) is 0 Å². The van der Waals surface area contributed by atoms with Gasteiger partial charge >= 0.3 is 6.03 Å². The molecule has 9 nitrogen and oxygen atoms in total. The van der Waals surface area contributed by atoms with E-state index in [0.29, 0.717) is 27.9 Å². The van der Waals surface area contributed by atoms with Gasteiger partial charge in [0.25, 0.3) is 5.91 Å². The third-order valence-electron chi connectivity index (χ3n) is 3.82. The van der Waals surface area contributed by atoms with Gasteiger partial charge in [-0.2, -0.15) is 0 Å². The first kappa shape index (κ1) is 21.0. The van der Waals surface area contributed by atoms with Gasteiger partial charge in [-0.25, -0.2) is 9.18 Å². The fourth-order valence-electron chi connectivity index (χ4n) is 2.36. The van der Waals surface area contributed by atoms with Crippen molar-refractivity contribution in [2.45, 2.75) is 6.54 Å². The van der Waals surface area contributed by atoms with E-state index in [2.05, 4.69) is 26.1 Å². The second-order valence-electron chi connectivity index (χ2n) is 5.84. The predicted molar refractivity (Wildman–Crippen MR) is 110 cm³/mol. The number of urea groups is 1. The number of nitrogens with one attached hydrogen (secondary N) is 3. The summed E-state index contributed by atoms with van der Waals surface area (Å²) in [6, 6.07) is 9.86. The number of carbonyl (C=O) groups excluding carboxylic acids is 2. The SMILES string of the molecule is COc1ccc(NC(=O)NCc2nnc(C(=O)Nc3ccc(F)cc3)s2)c(OC)c1. The Bertz CT molecular complexity index is 1040. The van der Waals surface area contributed by atoms with E-state index in [-0.39, 0.29) is 11.6 Å². The molecule has 1 heterocycles. The number of hydrogen-bond acceptors (Lipinski definition) is 7. The van der Waals surface area contributed by atoms with E-state index >= 15 is 0 Å². The van der Waals surface area contributed by atoms with Gasteiger partial charge in [0, 0.05) is 11.8 Å². The Balaban J connectivity index is 1.54. The first-order valence-corrected chi connectivity index (χ1v) is 9.46. The molecule has 2 aromatic carbocycles. The maximum Gasteiger partial charge on any atom is 0.319 e. The van der Waals surface area contributed by atoms with Gasteiger partial charge in [-0.15, -0.1) is 10.2 Å². The van der Waals surface area contributed by atoms with E-state index in [1.54, 1.807) is 18.2 Å². The minimum Gasteiger partial charge on any atom is -0.497 e. The Hall–Kier alpha value is -3.73. The Morgan fingerprint density at radius 2 is 1.80 bits per heavy atom. The minimum absolute atomic E-state index is 0.0752. The standard InChI is InChI=1S/C19H18FN5O4S/c1-28-13-7-8-14(15(9-13)29-2)23-19(27)21-10-16-24-25-18(30-16)17(26)22-12-5-3-11(20)4-6-12/h3-9H,10H2,1-2H3,(H,22,26)(H2,21,23,27). The maximum absolute atomic E-state index is 12.9. The van der Waals surface area contributed by atoms with Crippen molar-refractivity contribution in [3.8, 4) is 11.5 Å². The van der Waals surface area contributed by atoms with Crippen molar-refractivity contribution >= 4 is 34.6 Å². The van der Waals surface area contributed by atoms with E-state index in [0.717, 1.165) is 11.3 Å². The zero-order valence-electron chi connectivity index (χ0n) is 16.1. The number of nitrogens with zero attached hydrogens (tertiary/aromatic N) is 2. The highest BCUT2D eigenvalue weighted by Gasteiger charge is 2.14. The lowest BCUT2D eigenvalue weighted by Gasteiger charge is -2.11. The normalized spacial score (nSPS) is 10.2. The molecule has 0 fully saturated rings. The first-order chi connectivity index (χ1) is 14.5. The summed E-state index contributed by atoms with van der Waals surface area (Å²) >= 11 is 1.03. The number of amides is 3. The molecule has 0 aliphatic rings. The van der Waals surface area contributed by atoms with Crippen LogP contribution in [0.25, 0.3) is 0 Å². The van der Waals surface area contributed by atoms with Gasteiger partial charge in [-0.1, -0.05) is 11.3 Å². The molecule has 0 radical (unpaired) electrons. The van der Waals surface area contributed by atoms with Gasteiger partial charge in [0.15, 0.2) is 0 Å². The lowest BCUT2D eigenvalue weighted by molar-refractivity contribution is 0.102. The van der Waals surface area contributed by atoms with Crippen molar-refractivity contribution in [1.29, 1.82) is 0 Å². The van der Waals surface area contributed by atoms with Crippen molar-refractivity contribution in [1.82, 2.24) is 15.5 Å². The molecule has 0 aliphatic carbocycles. The second kappa shape index (κ2) is 9.65. The molecule has 3 aromatic rings. The van der Waals surface area contributed by atoms with Crippen molar-refractivity contribution in [2.75, 3.05) is 24.9 Å². The topological polar surface area (TPSA) is 114 Å². The fourth-order valence-corrected chi connectivity index (χ4v) is 3.03. The van der Waals surface area contributed by atoms with Crippen molar-refractivity contribution in [3.05, 3.63) is 58.3 Å². The van der Waals surface area contributed by atoms with Gasteiger partial charge in [-0.3, -0.25) is 4.79 Å². The summed E-state index contributed by atoms with van der Waals surface area (Å²) < 4.78 is 23.3. The number of hydrogen-bond donors (Lipinski definition) is 3. The third kappa shape index (κ3) is 5.41. The van der Waals surface area contributed by atoms with Crippen molar-refractivity contribution in [3.63, 3.8) is 0 Å². The number of anilines is 2. The molecule has 0 unspecified atom stereocenters. The molecule has 3 amide bonds. The van der Waals surface area contributed by atoms with E-state index in [9.17, 15) is 14.0 Å². The van der Waals surface area contributed by atoms with Gasteiger partial charge in [-0.05, 0) is 36.4 Å². The minimum atomic E-state index is -0.481. The first-order valence-electron chi connectivity index (χ1n) is 8.64. The van der Waals surface area contributed by atoms with Crippen LogP contribution >= 0.6 is 11.3 Å². The highest BCUT2D eigenvalue weighted by molar-refractivity contribution is 7.13. The number of methoxy groups -OCH3 is 2. The third-order valence-corrected chi connectivity index (χ3v) is 4.74. The zero-order chi connectivity index (χ0) is 21.5. The van der Waals surface area contributed by atoms with E-state index in [1.165, 1.54) is 38.5 Å². The van der Waals surface area contributed by atoms with Crippen LogP contribution in [0.15, 0.2) is 42.5 Å². The number of ether oxygens (including phenoxy) is 2. The van der Waals surface area contributed by atoms with Crippen LogP contribution in [0.2, 0.25) is 0 Å².